The highest BCUT2D eigenvalue weighted by molar-refractivity contribution is 5.59. The molecule has 1 aromatic carbocycles. The van der Waals surface area contributed by atoms with Gasteiger partial charge >= 0.3 is 0 Å². The maximum Gasteiger partial charge on any atom is 0.229 e. The van der Waals surface area contributed by atoms with E-state index in [4.69, 9.17) is 4.52 Å². The predicted octanol–water partition coefficient (Wildman–Crippen LogP) is 2.90. The summed E-state index contributed by atoms with van der Waals surface area (Å²) in [5.74, 6) is 2.17. The highest BCUT2D eigenvalue weighted by Crippen LogP contribution is 2.39. The first kappa shape index (κ1) is 11.0. The summed E-state index contributed by atoms with van der Waals surface area (Å²) in [6, 6.07) is 9.09. The molecule has 0 spiro atoms. The van der Waals surface area contributed by atoms with Crippen molar-refractivity contribution in [2.75, 3.05) is 4.90 Å². The molecule has 0 radical (unpaired) electrons. The summed E-state index contributed by atoms with van der Waals surface area (Å²) in [6.07, 6.45) is 3.50. The number of fused-ring (bicyclic) bond motifs is 1. The lowest BCUT2D eigenvalue weighted by Crippen LogP contribution is -2.29. The van der Waals surface area contributed by atoms with Crippen LogP contribution in [0.3, 0.4) is 0 Å². The Kier molecular flexibility index (Phi) is 2.37. The van der Waals surface area contributed by atoms with Crippen molar-refractivity contribution in [3.63, 3.8) is 0 Å². The van der Waals surface area contributed by atoms with Crippen LogP contribution in [0.5, 0.6) is 0 Å². The van der Waals surface area contributed by atoms with Crippen molar-refractivity contribution in [1.29, 1.82) is 0 Å². The molecular weight excluding hydrogens is 238 g/mol. The quantitative estimate of drug-likeness (QED) is 0.845. The first-order chi connectivity index (χ1) is 9.31. The van der Waals surface area contributed by atoms with E-state index >= 15 is 0 Å². The van der Waals surface area contributed by atoms with Crippen LogP contribution in [0.15, 0.2) is 28.8 Å². The predicted molar refractivity (Wildman–Crippen MR) is 72.1 cm³/mol. The second kappa shape index (κ2) is 4.08. The van der Waals surface area contributed by atoms with Crippen molar-refractivity contribution in [2.24, 2.45) is 0 Å². The zero-order valence-electron chi connectivity index (χ0n) is 11.0. The molecule has 4 nitrogen and oxygen atoms in total. The Labute approximate surface area is 112 Å². The van der Waals surface area contributed by atoms with Crippen molar-refractivity contribution in [3.8, 4) is 0 Å². The largest absolute Gasteiger partial charge is 0.361 e. The summed E-state index contributed by atoms with van der Waals surface area (Å²) in [7, 11) is 0. The first-order valence-corrected chi connectivity index (χ1v) is 6.98. The van der Waals surface area contributed by atoms with Crippen molar-refractivity contribution in [3.05, 3.63) is 41.5 Å². The average molecular weight is 255 g/mol. The van der Waals surface area contributed by atoms with Crippen LogP contribution < -0.4 is 4.90 Å². The standard InChI is InChI=1S/C15H17N3O/c1-10-8-12-4-2-3-5-13(12)18(10)9-14-16-15(19-17-14)11-6-7-11/h2-5,10-11H,6-9H2,1H3/t10-/m0/s1. The van der Waals surface area contributed by atoms with Crippen molar-refractivity contribution >= 4 is 5.69 Å². The summed E-state index contributed by atoms with van der Waals surface area (Å²) in [5, 5.41) is 4.12. The van der Waals surface area contributed by atoms with Gasteiger partial charge in [0.1, 0.15) is 0 Å². The van der Waals surface area contributed by atoms with Crippen LogP contribution in [0.4, 0.5) is 5.69 Å². The Morgan fingerprint density at radius 2 is 2.16 bits per heavy atom. The second-order valence-electron chi connectivity index (χ2n) is 5.63. The van der Waals surface area contributed by atoms with E-state index in [1.165, 1.54) is 24.1 Å². The number of nitrogens with zero attached hydrogens (tertiary/aromatic N) is 3. The van der Waals surface area contributed by atoms with Crippen LogP contribution in [0.25, 0.3) is 0 Å². The summed E-state index contributed by atoms with van der Waals surface area (Å²) >= 11 is 0. The van der Waals surface area contributed by atoms with Crippen LogP contribution in [-0.2, 0) is 13.0 Å². The van der Waals surface area contributed by atoms with Gasteiger partial charge < -0.3 is 9.42 Å². The van der Waals surface area contributed by atoms with Gasteiger partial charge in [0, 0.05) is 17.6 Å². The molecule has 0 saturated heterocycles. The SMILES string of the molecule is C[C@H]1Cc2ccccc2N1Cc1noc(C2CC2)n1. The van der Waals surface area contributed by atoms with Crippen LogP contribution in [0.2, 0.25) is 0 Å². The van der Waals surface area contributed by atoms with E-state index in [1.54, 1.807) is 0 Å². The molecule has 1 aromatic heterocycles. The lowest BCUT2D eigenvalue weighted by Gasteiger charge is -2.22. The molecule has 0 amide bonds. The van der Waals surface area contributed by atoms with Crippen LogP contribution in [0.1, 0.15) is 43.0 Å². The fourth-order valence-electron chi connectivity index (χ4n) is 2.85. The maximum absolute atomic E-state index is 5.33. The monoisotopic (exact) mass is 255 g/mol. The smallest absolute Gasteiger partial charge is 0.229 e. The summed E-state index contributed by atoms with van der Waals surface area (Å²) < 4.78 is 5.33. The molecular formula is C15H17N3O. The maximum atomic E-state index is 5.33. The number of benzene rings is 1. The number of anilines is 1. The van der Waals surface area contributed by atoms with E-state index in [0.29, 0.717) is 12.0 Å². The molecule has 2 aliphatic rings. The number of aromatic nitrogens is 2. The lowest BCUT2D eigenvalue weighted by molar-refractivity contribution is 0.373. The van der Waals surface area contributed by atoms with Gasteiger partial charge in [-0.05, 0) is 37.8 Å². The zero-order chi connectivity index (χ0) is 12.8. The molecule has 19 heavy (non-hydrogen) atoms. The Morgan fingerprint density at radius 1 is 1.32 bits per heavy atom. The van der Waals surface area contributed by atoms with Crippen LogP contribution >= 0.6 is 0 Å². The number of hydrogen-bond donors (Lipinski definition) is 0. The molecule has 1 fully saturated rings. The highest BCUT2D eigenvalue weighted by atomic mass is 16.5. The molecule has 0 unspecified atom stereocenters. The third-order valence-electron chi connectivity index (χ3n) is 4.07. The molecule has 98 valence electrons. The van der Waals surface area contributed by atoms with E-state index in [0.717, 1.165) is 24.7 Å². The minimum atomic E-state index is 0.500. The van der Waals surface area contributed by atoms with Crippen molar-refractivity contribution < 1.29 is 4.52 Å². The van der Waals surface area contributed by atoms with Gasteiger partial charge in [-0.25, -0.2) is 0 Å². The molecule has 1 atom stereocenters. The normalized spacial score (nSPS) is 21.7. The number of hydrogen-bond acceptors (Lipinski definition) is 4. The minimum Gasteiger partial charge on any atom is -0.361 e. The van der Waals surface area contributed by atoms with Gasteiger partial charge in [-0.3, -0.25) is 0 Å². The third kappa shape index (κ3) is 1.91. The Hall–Kier alpha value is -1.84. The van der Waals surface area contributed by atoms with E-state index in [2.05, 4.69) is 46.2 Å². The average Bonchev–Trinajstić information content (AvgIpc) is 3.09. The summed E-state index contributed by atoms with van der Waals surface area (Å²) in [5.41, 5.74) is 2.73. The Bertz CT molecular complexity index is 603. The van der Waals surface area contributed by atoms with Gasteiger partial charge in [0.05, 0.1) is 6.54 Å². The summed E-state index contributed by atoms with van der Waals surface area (Å²) in [4.78, 5) is 6.90. The Morgan fingerprint density at radius 3 is 3.00 bits per heavy atom. The molecule has 1 saturated carbocycles. The first-order valence-electron chi connectivity index (χ1n) is 6.98. The van der Waals surface area contributed by atoms with E-state index < -0.39 is 0 Å². The molecule has 4 heteroatoms. The third-order valence-corrected chi connectivity index (χ3v) is 4.07. The van der Waals surface area contributed by atoms with Crippen molar-refractivity contribution in [2.45, 2.75) is 44.7 Å². The molecule has 2 aromatic rings. The molecule has 2 heterocycles. The van der Waals surface area contributed by atoms with E-state index in [1.807, 2.05) is 0 Å². The van der Waals surface area contributed by atoms with Gasteiger partial charge in [0.15, 0.2) is 5.82 Å². The van der Waals surface area contributed by atoms with Crippen LogP contribution in [0, 0.1) is 0 Å². The number of para-hydroxylation sites is 1. The van der Waals surface area contributed by atoms with Gasteiger partial charge in [-0.1, -0.05) is 23.4 Å². The fourth-order valence-corrected chi connectivity index (χ4v) is 2.85. The van der Waals surface area contributed by atoms with Crippen molar-refractivity contribution in [1.82, 2.24) is 10.1 Å². The zero-order valence-corrected chi connectivity index (χ0v) is 11.0. The second-order valence-corrected chi connectivity index (χ2v) is 5.63. The molecule has 0 N–H and O–H groups in total. The lowest BCUT2D eigenvalue weighted by atomic mass is 10.1. The molecule has 1 aliphatic carbocycles. The van der Waals surface area contributed by atoms with Crippen LogP contribution in [-0.4, -0.2) is 16.2 Å². The van der Waals surface area contributed by atoms with E-state index in [9.17, 15) is 0 Å². The fraction of sp³-hybridized carbons (Fsp3) is 0.467. The van der Waals surface area contributed by atoms with Gasteiger partial charge in [-0.2, -0.15) is 4.98 Å². The molecule has 4 rings (SSSR count). The van der Waals surface area contributed by atoms with Gasteiger partial charge in [0.2, 0.25) is 5.89 Å². The minimum absolute atomic E-state index is 0.500. The molecule has 0 bridgehead atoms. The molecule has 1 aliphatic heterocycles. The van der Waals surface area contributed by atoms with Gasteiger partial charge in [0.25, 0.3) is 0 Å². The Balaban J connectivity index is 1.58. The highest BCUT2D eigenvalue weighted by Gasteiger charge is 2.31. The van der Waals surface area contributed by atoms with Gasteiger partial charge in [-0.15, -0.1) is 0 Å². The summed E-state index contributed by atoms with van der Waals surface area (Å²) in [6.45, 7) is 3.00. The van der Waals surface area contributed by atoms with E-state index in [-0.39, 0.29) is 0 Å². The number of rotatable bonds is 3. The topological polar surface area (TPSA) is 42.2 Å².